The quantitative estimate of drug-likeness (QED) is 0.524. The highest BCUT2D eigenvalue weighted by Crippen LogP contribution is 2.49. The first-order valence-electron chi connectivity index (χ1n) is 5.74. The van der Waals surface area contributed by atoms with Gasteiger partial charge in [0.05, 0.1) is 19.1 Å². The van der Waals surface area contributed by atoms with Crippen LogP contribution in [0.1, 0.15) is 48.0 Å². The third-order valence-corrected chi connectivity index (χ3v) is 4.15. The molecule has 0 saturated heterocycles. The van der Waals surface area contributed by atoms with E-state index < -0.39 is 7.65 Å². The molecule has 0 aromatic heterocycles. The summed E-state index contributed by atoms with van der Waals surface area (Å²) in [7, 11) is -1.08. The lowest BCUT2D eigenvalue weighted by atomic mass is 10.3. The molecule has 16 heavy (non-hydrogen) atoms. The molecule has 0 spiro atoms. The zero-order chi connectivity index (χ0) is 13.1. The Bertz CT molecular complexity index is 187. The van der Waals surface area contributed by atoms with Crippen molar-refractivity contribution in [2.24, 2.45) is 0 Å². The van der Waals surface area contributed by atoms with Gasteiger partial charge in [-0.25, -0.2) is 4.67 Å². The van der Waals surface area contributed by atoms with Crippen molar-refractivity contribution in [1.82, 2.24) is 4.67 Å². The molecule has 0 heterocycles. The smallest absolute Gasteiger partial charge is 0.207 e. The summed E-state index contributed by atoms with van der Waals surface area (Å²) in [5, 5.41) is 8.36. The van der Waals surface area contributed by atoms with E-state index >= 15 is 0 Å². The number of nitrogens with zero attached hydrogens (tertiary/aromatic N) is 2. The minimum Gasteiger partial charge on any atom is -0.330 e. The van der Waals surface area contributed by atoms with Gasteiger partial charge in [-0.1, -0.05) is 13.8 Å². The van der Waals surface area contributed by atoms with Gasteiger partial charge in [0.25, 0.3) is 0 Å². The van der Waals surface area contributed by atoms with Gasteiger partial charge < -0.3 is 4.52 Å². The van der Waals surface area contributed by atoms with Crippen LogP contribution in [0.15, 0.2) is 0 Å². The van der Waals surface area contributed by atoms with E-state index in [1.807, 2.05) is 19.9 Å². The summed E-state index contributed by atoms with van der Waals surface area (Å²) in [6, 6.07) is 2.75. The molecule has 96 valence electrons. The highest BCUT2D eigenvalue weighted by atomic mass is 35.7. The lowest BCUT2D eigenvalue weighted by Crippen LogP contribution is -2.31. The minimum absolute atomic E-state index is 0.362. The number of halogens is 1. The van der Waals surface area contributed by atoms with Gasteiger partial charge in [-0.05, 0) is 38.9 Å². The molecule has 0 aliphatic heterocycles. The van der Waals surface area contributed by atoms with Gasteiger partial charge in [-0.2, -0.15) is 5.26 Å². The first-order chi connectivity index (χ1) is 7.50. The van der Waals surface area contributed by atoms with Crippen molar-refractivity contribution >= 4 is 18.9 Å². The van der Waals surface area contributed by atoms with Crippen molar-refractivity contribution in [3.8, 4) is 6.07 Å². The summed E-state index contributed by atoms with van der Waals surface area (Å²) in [6.07, 6.45) is 0.398. The molecule has 0 aliphatic carbocycles. The monoisotopic (exact) mass is 266 g/mol. The maximum absolute atomic E-state index is 8.36. The number of hydrogen-bond acceptors (Lipinski definition) is 3. The molecule has 3 nitrogen and oxygen atoms in total. The van der Waals surface area contributed by atoms with E-state index in [0.29, 0.717) is 25.1 Å². The maximum Gasteiger partial charge on any atom is 0.207 e. The highest BCUT2D eigenvalue weighted by Gasteiger charge is 2.23. The third kappa shape index (κ3) is 8.30. The second kappa shape index (κ2) is 11.6. The first-order valence-corrected chi connectivity index (χ1v) is 7.86. The first kappa shape index (κ1) is 18.5. The van der Waals surface area contributed by atoms with Crippen LogP contribution in [-0.2, 0) is 4.52 Å². The van der Waals surface area contributed by atoms with Crippen molar-refractivity contribution in [1.29, 1.82) is 5.26 Å². The molecule has 0 radical (unpaired) electrons. The summed E-state index contributed by atoms with van der Waals surface area (Å²) >= 11 is 6.13. The normalized spacial score (nSPS) is 12.3. The Balaban J connectivity index is 0. The van der Waals surface area contributed by atoms with E-state index in [9.17, 15) is 0 Å². The molecule has 0 aliphatic rings. The summed E-state index contributed by atoms with van der Waals surface area (Å²) in [4.78, 5) is 0. The van der Waals surface area contributed by atoms with Crippen molar-refractivity contribution < 1.29 is 4.52 Å². The van der Waals surface area contributed by atoms with E-state index in [1.165, 1.54) is 0 Å². The topological polar surface area (TPSA) is 36.3 Å². The van der Waals surface area contributed by atoms with Crippen LogP contribution in [-0.4, -0.2) is 23.4 Å². The fraction of sp³-hybridized carbons (Fsp3) is 0.909. The molecule has 0 amide bonds. The van der Waals surface area contributed by atoms with E-state index in [1.54, 1.807) is 0 Å². The van der Waals surface area contributed by atoms with Gasteiger partial charge >= 0.3 is 0 Å². The van der Waals surface area contributed by atoms with Crippen molar-refractivity contribution in [3.05, 3.63) is 0 Å². The third-order valence-electron chi connectivity index (χ3n) is 1.65. The lowest BCUT2D eigenvalue weighted by Gasteiger charge is -2.32. The Kier molecular flexibility index (Phi) is 13.4. The van der Waals surface area contributed by atoms with Crippen molar-refractivity contribution in [2.75, 3.05) is 6.61 Å². The molecule has 1 atom stereocenters. The van der Waals surface area contributed by atoms with Gasteiger partial charge in [0.15, 0.2) is 0 Å². The molecular weight excluding hydrogens is 243 g/mol. The van der Waals surface area contributed by atoms with E-state index in [-0.39, 0.29) is 0 Å². The van der Waals surface area contributed by atoms with Gasteiger partial charge in [0.1, 0.15) is 0 Å². The maximum atomic E-state index is 8.36. The Labute approximate surface area is 106 Å². The highest BCUT2D eigenvalue weighted by molar-refractivity contribution is 7.78. The van der Waals surface area contributed by atoms with Gasteiger partial charge in [-0.15, -0.1) is 0 Å². The molecule has 0 aromatic rings. The molecule has 0 saturated carbocycles. The van der Waals surface area contributed by atoms with Crippen LogP contribution in [0, 0.1) is 11.3 Å². The van der Waals surface area contributed by atoms with Crippen LogP contribution >= 0.6 is 18.9 Å². The predicted octanol–water partition coefficient (Wildman–Crippen LogP) is 4.53. The SMILES string of the molecule is CC.CC(C)N(C(C)C)P(Cl)OCCC#N. The number of rotatable bonds is 6. The molecule has 0 rings (SSSR count). The Morgan fingerprint density at radius 1 is 1.25 bits per heavy atom. The van der Waals surface area contributed by atoms with E-state index in [2.05, 4.69) is 32.4 Å². The fourth-order valence-electron chi connectivity index (χ4n) is 1.19. The second-order valence-corrected chi connectivity index (χ2v) is 5.58. The standard InChI is InChI=1S/C9H18ClN2OP.C2H6/c1-8(2)12(9(3)4)14(10)13-7-5-6-11;1-2/h8-9H,5,7H2,1-4H3;1-2H3. The van der Waals surface area contributed by atoms with E-state index in [4.69, 9.17) is 21.0 Å². The molecule has 0 bridgehead atoms. The summed E-state index contributed by atoms with van der Waals surface area (Å²) in [6.45, 7) is 12.8. The molecular formula is C11H24ClN2OP. The predicted molar refractivity (Wildman–Crippen MR) is 72.4 cm³/mol. The Hall–Kier alpha value is 0.130. The van der Waals surface area contributed by atoms with Crippen LogP contribution in [0.3, 0.4) is 0 Å². The zero-order valence-corrected chi connectivity index (χ0v) is 12.8. The zero-order valence-electron chi connectivity index (χ0n) is 11.2. The van der Waals surface area contributed by atoms with Crippen LogP contribution in [0.4, 0.5) is 0 Å². The van der Waals surface area contributed by atoms with Gasteiger partial charge in [0.2, 0.25) is 7.65 Å². The average molecular weight is 267 g/mol. The largest absolute Gasteiger partial charge is 0.330 e. The average Bonchev–Trinajstić information content (AvgIpc) is 2.20. The molecule has 0 aromatic carbocycles. The lowest BCUT2D eigenvalue weighted by molar-refractivity contribution is 0.266. The summed E-state index contributed by atoms with van der Waals surface area (Å²) < 4.78 is 7.52. The molecule has 5 heteroatoms. The minimum atomic E-state index is -1.08. The van der Waals surface area contributed by atoms with Crippen molar-refractivity contribution in [2.45, 2.75) is 60.0 Å². The second-order valence-electron chi connectivity index (χ2n) is 3.54. The van der Waals surface area contributed by atoms with Crippen LogP contribution in [0.25, 0.3) is 0 Å². The molecule has 0 N–H and O–H groups in total. The van der Waals surface area contributed by atoms with Crippen LogP contribution in [0.2, 0.25) is 0 Å². The summed E-state index contributed by atoms with van der Waals surface area (Å²) in [5.41, 5.74) is 0. The van der Waals surface area contributed by atoms with Gasteiger partial charge in [-0.3, -0.25) is 0 Å². The molecule has 0 fully saturated rings. The van der Waals surface area contributed by atoms with E-state index in [0.717, 1.165) is 0 Å². The van der Waals surface area contributed by atoms with Gasteiger partial charge in [0, 0.05) is 12.1 Å². The van der Waals surface area contributed by atoms with Crippen LogP contribution in [0.5, 0.6) is 0 Å². The Morgan fingerprint density at radius 2 is 1.69 bits per heavy atom. The number of nitriles is 1. The summed E-state index contributed by atoms with van der Waals surface area (Å²) in [5.74, 6) is 0. The fourth-order valence-corrected chi connectivity index (χ4v) is 3.55. The van der Waals surface area contributed by atoms with Crippen molar-refractivity contribution in [3.63, 3.8) is 0 Å². The Morgan fingerprint density at radius 3 is 2.00 bits per heavy atom. The van der Waals surface area contributed by atoms with Crippen LogP contribution < -0.4 is 0 Å². The number of hydrogen-bond donors (Lipinski definition) is 0. The molecule has 1 unspecified atom stereocenters.